The number of amides is 1. The number of fused-ring (bicyclic) bond motifs is 1. The quantitative estimate of drug-likeness (QED) is 0.220. The Labute approximate surface area is 237 Å². The summed E-state index contributed by atoms with van der Waals surface area (Å²) in [5.41, 5.74) is -2.19. The minimum atomic E-state index is -5.14. The number of para-hydroxylation sites is 1. The van der Waals surface area contributed by atoms with Gasteiger partial charge in [-0.05, 0) is 68.3 Å². The van der Waals surface area contributed by atoms with E-state index < -0.39 is 46.6 Å². The first kappa shape index (κ1) is 30.8. The standard InChI is InChI=1S/C30H27F6N3O3/c1-17-9-10-18(2)25(13-17)39-26(37-24-8-6-5-7-23(24)28(39)41)19(3)38(11-12-42-4)27(40)20-14-21(29(31,32)33)16-22(15-20)30(34,35)36/h5-10,13-16,19H,11-12H2,1-4H3. The van der Waals surface area contributed by atoms with Crippen molar-refractivity contribution in [2.75, 3.05) is 20.3 Å². The Morgan fingerprint density at radius 3 is 2.17 bits per heavy atom. The second-order valence-corrected chi connectivity index (χ2v) is 9.88. The Morgan fingerprint density at radius 2 is 1.57 bits per heavy atom. The molecule has 222 valence electrons. The Balaban J connectivity index is 1.96. The van der Waals surface area contributed by atoms with Crippen molar-refractivity contribution in [3.8, 4) is 5.69 Å². The predicted octanol–water partition coefficient (Wildman–Crippen LogP) is 6.89. The fourth-order valence-corrected chi connectivity index (χ4v) is 4.67. The molecule has 1 amide bonds. The topological polar surface area (TPSA) is 64.4 Å². The van der Waals surface area contributed by atoms with Gasteiger partial charge in [0.25, 0.3) is 11.5 Å². The van der Waals surface area contributed by atoms with E-state index in [0.29, 0.717) is 28.9 Å². The number of hydrogen-bond acceptors (Lipinski definition) is 4. The number of carbonyl (C=O) groups excluding carboxylic acids is 1. The van der Waals surface area contributed by atoms with Crippen molar-refractivity contribution in [1.82, 2.24) is 14.5 Å². The van der Waals surface area contributed by atoms with Gasteiger partial charge in [-0.2, -0.15) is 26.3 Å². The summed E-state index contributed by atoms with van der Waals surface area (Å²) in [5, 5.41) is 0.289. The monoisotopic (exact) mass is 591 g/mol. The van der Waals surface area contributed by atoms with Gasteiger partial charge in [-0.1, -0.05) is 24.3 Å². The van der Waals surface area contributed by atoms with Crippen LogP contribution in [0.3, 0.4) is 0 Å². The van der Waals surface area contributed by atoms with E-state index in [9.17, 15) is 35.9 Å². The highest BCUT2D eigenvalue weighted by Gasteiger charge is 2.38. The minimum Gasteiger partial charge on any atom is -0.383 e. The molecule has 0 aliphatic heterocycles. The Hall–Kier alpha value is -4.19. The third-order valence-corrected chi connectivity index (χ3v) is 6.88. The first-order chi connectivity index (χ1) is 19.6. The van der Waals surface area contributed by atoms with E-state index in [1.165, 1.54) is 18.6 Å². The van der Waals surface area contributed by atoms with E-state index >= 15 is 0 Å². The van der Waals surface area contributed by atoms with Gasteiger partial charge >= 0.3 is 12.4 Å². The lowest BCUT2D eigenvalue weighted by Crippen LogP contribution is -2.39. The third kappa shape index (κ3) is 6.18. The number of aryl methyl sites for hydroxylation is 2. The molecule has 0 bridgehead atoms. The number of nitrogens with zero attached hydrogens (tertiary/aromatic N) is 3. The number of hydrogen-bond donors (Lipinski definition) is 0. The molecule has 0 aliphatic carbocycles. The predicted molar refractivity (Wildman–Crippen MR) is 145 cm³/mol. The van der Waals surface area contributed by atoms with Crippen molar-refractivity contribution >= 4 is 16.8 Å². The molecule has 1 unspecified atom stereocenters. The molecule has 4 rings (SSSR count). The molecule has 3 aromatic carbocycles. The minimum absolute atomic E-state index is 0.0389. The molecule has 0 fully saturated rings. The lowest BCUT2D eigenvalue weighted by atomic mass is 10.0. The van der Waals surface area contributed by atoms with Gasteiger partial charge in [0.05, 0.1) is 40.4 Å². The van der Waals surface area contributed by atoms with Crippen LogP contribution in [0.5, 0.6) is 0 Å². The lowest BCUT2D eigenvalue weighted by molar-refractivity contribution is -0.143. The average Bonchev–Trinajstić information content (AvgIpc) is 2.93. The molecule has 0 saturated heterocycles. The summed E-state index contributed by atoms with van der Waals surface area (Å²) in [5.74, 6) is -1.05. The molecule has 4 aromatic rings. The largest absolute Gasteiger partial charge is 0.416 e. The van der Waals surface area contributed by atoms with Crippen molar-refractivity contribution in [3.63, 3.8) is 0 Å². The van der Waals surface area contributed by atoms with Gasteiger partial charge in [0, 0.05) is 19.2 Å². The summed E-state index contributed by atoms with van der Waals surface area (Å²) < 4.78 is 87.9. The number of alkyl halides is 6. The fourth-order valence-electron chi connectivity index (χ4n) is 4.67. The van der Waals surface area contributed by atoms with E-state index in [1.54, 1.807) is 43.3 Å². The molecule has 1 heterocycles. The summed E-state index contributed by atoms with van der Waals surface area (Å²) in [6.45, 7) is 4.79. The molecule has 0 radical (unpaired) electrons. The number of halogens is 6. The summed E-state index contributed by atoms with van der Waals surface area (Å²) in [6.07, 6.45) is -10.3. The van der Waals surface area contributed by atoms with Gasteiger partial charge in [-0.25, -0.2) is 4.98 Å². The maximum absolute atomic E-state index is 13.8. The van der Waals surface area contributed by atoms with Gasteiger partial charge in [0.1, 0.15) is 5.82 Å². The van der Waals surface area contributed by atoms with E-state index in [4.69, 9.17) is 4.74 Å². The Morgan fingerprint density at radius 1 is 0.952 bits per heavy atom. The molecule has 0 aliphatic rings. The third-order valence-electron chi connectivity index (χ3n) is 6.88. The normalized spacial score (nSPS) is 12.9. The van der Waals surface area contributed by atoms with E-state index in [1.807, 2.05) is 13.0 Å². The summed E-state index contributed by atoms with van der Waals surface area (Å²) in [7, 11) is 1.33. The SMILES string of the molecule is COCCN(C(=O)c1cc(C(F)(F)F)cc(C(F)(F)F)c1)C(C)c1nc2ccccc2c(=O)n1-c1cc(C)ccc1C. The van der Waals surface area contributed by atoms with Gasteiger partial charge in [0.15, 0.2) is 0 Å². The first-order valence-corrected chi connectivity index (χ1v) is 12.8. The van der Waals surface area contributed by atoms with E-state index in [0.717, 1.165) is 10.5 Å². The molecule has 1 atom stereocenters. The van der Waals surface area contributed by atoms with Crippen LogP contribution >= 0.6 is 0 Å². The lowest BCUT2D eigenvalue weighted by Gasteiger charge is -2.31. The van der Waals surface area contributed by atoms with Crippen LogP contribution < -0.4 is 5.56 Å². The zero-order chi connectivity index (χ0) is 31.0. The van der Waals surface area contributed by atoms with Crippen LogP contribution in [0.25, 0.3) is 16.6 Å². The maximum Gasteiger partial charge on any atom is 0.416 e. The molecule has 6 nitrogen and oxygen atoms in total. The second-order valence-electron chi connectivity index (χ2n) is 9.88. The zero-order valence-electron chi connectivity index (χ0n) is 23.1. The average molecular weight is 592 g/mol. The van der Waals surface area contributed by atoms with Gasteiger partial charge in [0.2, 0.25) is 0 Å². The van der Waals surface area contributed by atoms with Crippen LogP contribution in [0, 0.1) is 13.8 Å². The van der Waals surface area contributed by atoms with Gasteiger partial charge in [-0.3, -0.25) is 14.2 Å². The number of ether oxygens (including phenoxy) is 1. The number of benzene rings is 3. The van der Waals surface area contributed by atoms with Crippen LogP contribution in [0.4, 0.5) is 26.3 Å². The first-order valence-electron chi connectivity index (χ1n) is 12.8. The molecule has 0 spiro atoms. The van der Waals surface area contributed by atoms with Crippen molar-refractivity contribution < 1.29 is 35.9 Å². The molecule has 1 aromatic heterocycles. The number of aromatic nitrogens is 2. The molecular weight excluding hydrogens is 564 g/mol. The Kier molecular flexibility index (Phi) is 8.49. The molecule has 12 heteroatoms. The van der Waals surface area contributed by atoms with Gasteiger partial charge < -0.3 is 9.64 Å². The van der Waals surface area contributed by atoms with Crippen LogP contribution in [-0.2, 0) is 17.1 Å². The summed E-state index contributed by atoms with van der Waals surface area (Å²) in [6, 6.07) is 11.6. The van der Waals surface area contributed by atoms with Crippen molar-refractivity contribution in [2.24, 2.45) is 0 Å². The second kappa shape index (κ2) is 11.6. The van der Waals surface area contributed by atoms with Crippen molar-refractivity contribution in [1.29, 1.82) is 0 Å². The van der Waals surface area contributed by atoms with Gasteiger partial charge in [-0.15, -0.1) is 0 Å². The molecule has 0 N–H and O–H groups in total. The van der Waals surface area contributed by atoms with E-state index in [2.05, 4.69) is 4.98 Å². The van der Waals surface area contributed by atoms with Crippen molar-refractivity contribution in [3.05, 3.63) is 105 Å². The van der Waals surface area contributed by atoms with E-state index in [-0.39, 0.29) is 30.4 Å². The van der Waals surface area contributed by atoms with Crippen LogP contribution in [0.2, 0.25) is 0 Å². The molecular formula is C30H27F6N3O3. The highest BCUT2D eigenvalue weighted by atomic mass is 19.4. The highest BCUT2D eigenvalue weighted by Crippen LogP contribution is 2.37. The zero-order valence-corrected chi connectivity index (χ0v) is 23.1. The summed E-state index contributed by atoms with van der Waals surface area (Å²) in [4.78, 5) is 33.3. The number of carbonyl (C=O) groups is 1. The van der Waals surface area contributed by atoms with Crippen LogP contribution in [0.15, 0.2) is 65.5 Å². The van der Waals surface area contributed by atoms with Crippen molar-refractivity contribution in [2.45, 2.75) is 39.2 Å². The smallest absolute Gasteiger partial charge is 0.383 e. The highest BCUT2D eigenvalue weighted by molar-refractivity contribution is 5.95. The maximum atomic E-state index is 13.8. The Bertz CT molecular complexity index is 1660. The summed E-state index contributed by atoms with van der Waals surface area (Å²) >= 11 is 0. The molecule has 42 heavy (non-hydrogen) atoms. The number of methoxy groups -OCH3 is 1. The van der Waals surface area contributed by atoms with Crippen LogP contribution in [0.1, 0.15) is 51.4 Å². The fraction of sp³-hybridized carbons (Fsp3) is 0.300. The molecule has 0 saturated carbocycles. The number of rotatable bonds is 7. The van der Waals surface area contributed by atoms with Crippen LogP contribution in [-0.4, -0.2) is 40.6 Å².